The van der Waals surface area contributed by atoms with Gasteiger partial charge in [-0.2, -0.15) is 0 Å². The van der Waals surface area contributed by atoms with Gasteiger partial charge in [-0.3, -0.25) is 0 Å². The van der Waals surface area contributed by atoms with Crippen molar-refractivity contribution in [1.29, 1.82) is 0 Å². The highest BCUT2D eigenvalue weighted by atomic mass is 79.9. The largest absolute Gasteiger partial charge is 0.493 e. The standard InChI is InChI=1S/C16H18BrNO2/c1-2-7-19-14-8-13(18)9-15(10-14)20-11-12-5-3-4-6-16(12)17/h3-6,8-10H,2,7,11,18H2,1H3. The van der Waals surface area contributed by atoms with E-state index in [1.807, 2.05) is 30.3 Å². The van der Waals surface area contributed by atoms with Crippen molar-refractivity contribution in [2.24, 2.45) is 0 Å². The summed E-state index contributed by atoms with van der Waals surface area (Å²) in [5.41, 5.74) is 7.59. The third-order valence-corrected chi connectivity index (χ3v) is 3.50. The van der Waals surface area contributed by atoms with Crippen molar-refractivity contribution in [3.05, 3.63) is 52.5 Å². The number of nitrogens with two attached hydrogens (primary N) is 1. The fourth-order valence-corrected chi connectivity index (χ4v) is 2.16. The highest BCUT2D eigenvalue weighted by Crippen LogP contribution is 2.26. The van der Waals surface area contributed by atoms with Crippen LogP contribution in [0.2, 0.25) is 0 Å². The normalized spacial score (nSPS) is 10.3. The Kier molecular flexibility index (Phi) is 5.30. The Balaban J connectivity index is 2.05. The van der Waals surface area contributed by atoms with Crippen molar-refractivity contribution in [3.63, 3.8) is 0 Å². The highest BCUT2D eigenvalue weighted by molar-refractivity contribution is 9.10. The average molecular weight is 336 g/mol. The average Bonchev–Trinajstić information content (AvgIpc) is 2.44. The summed E-state index contributed by atoms with van der Waals surface area (Å²) in [6, 6.07) is 13.4. The Morgan fingerprint density at radius 3 is 2.45 bits per heavy atom. The number of ether oxygens (including phenoxy) is 2. The Labute approximate surface area is 127 Å². The number of rotatable bonds is 6. The number of halogens is 1. The molecule has 3 nitrogen and oxygen atoms in total. The first-order valence-electron chi connectivity index (χ1n) is 6.58. The van der Waals surface area contributed by atoms with Gasteiger partial charge < -0.3 is 15.2 Å². The van der Waals surface area contributed by atoms with E-state index in [0.717, 1.165) is 22.2 Å². The first-order valence-corrected chi connectivity index (χ1v) is 7.38. The van der Waals surface area contributed by atoms with Gasteiger partial charge in [-0.1, -0.05) is 41.1 Å². The molecule has 0 bridgehead atoms. The van der Waals surface area contributed by atoms with E-state index in [9.17, 15) is 0 Å². The van der Waals surface area contributed by atoms with E-state index < -0.39 is 0 Å². The first-order chi connectivity index (χ1) is 9.69. The number of nitrogen functional groups attached to an aromatic ring is 1. The van der Waals surface area contributed by atoms with Gasteiger partial charge in [-0.15, -0.1) is 0 Å². The fraction of sp³-hybridized carbons (Fsp3) is 0.250. The molecular formula is C16H18BrNO2. The van der Waals surface area contributed by atoms with Crippen LogP contribution >= 0.6 is 15.9 Å². The van der Waals surface area contributed by atoms with Gasteiger partial charge in [0.1, 0.15) is 18.1 Å². The topological polar surface area (TPSA) is 44.5 Å². The zero-order valence-electron chi connectivity index (χ0n) is 11.4. The molecule has 0 spiro atoms. The lowest BCUT2D eigenvalue weighted by Crippen LogP contribution is -2.00. The third kappa shape index (κ3) is 4.17. The van der Waals surface area contributed by atoms with Gasteiger partial charge in [0.05, 0.1) is 6.61 Å². The lowest BCUT2D eigenvalue weighted by atomic mass is 10.2. The summed E-state index contributed by atoms with van der Waals surface area (Å²) < 4.78 is 12.4. The molecule has 0 saturated heterocycles. The molecule has 0 saturated carbocycles. The van der Waals surface area contributed by atoms with Crippen LogP contribution in [0, 0.1) is 0 Å². The Morgan fingerprint density at radius 1 is 1.05 bits per heavy atom. The molecule has 0 aliphatic heterocycles. The molecular weight excluding hydrogens is 318 g/mol. The van der Waals surface area contributed by atoms with Gasteiger partial charge in [-0.25, -0.2) is 0 Å². The number of anilines is 1. The maximum atomic E-state index is 5.86. The fourth-order valence-electron chi connectivity index (χ4n) is 1.76. The number of hydrogen-bond acceptors (Lipinski definition) is 3. The molecule has 0 atom stereocenters. The lowest BCUT2D eigenvalue weighted by molar-refractivity contribution is 0.294. The van der Waals surface area contributed by atoms with Crippen LogP contribution in [0.1, 0.15) is 18.9 Å². The minimum Gasteiger partial charge on any atom is -0.493 e. The van der Waals surface area contributed by atoms with E-state index in [1.54, 1.807) is 12.1 Å². The molecule has 106 valence electrons. The summed E-state index contributed by atoms with van der Waals surface area (Å²) in [6.07, 6.45) is 0.960. The van der Waals surface area contributed by atoms with Crippen LogP contribution in [0.5, 0.6) is 11.5 Å². The van der Waals surface area contributed by atoms with Crippen LogP contribution < -0.4 is 15.2 Å². The molecule has 2 aromatic carbocycles. The van der Waals surface area contributed by atoms with Gasteiger partial charge >= 0.3 is 0 Å². The Bertz CT molecular complexity index is 572. The van der Waals surface area contributed by atoms with Crippen molar-refractivity contribution in [2.45, 2.75) is 20.0 Å². The molecule has 0 amide bonds. The molecule has 0 unspecified atom stereocenters. The van der Waals surface area contributed by atoms with Crippen molar-refractivity contribution >= 4 is 21.6 Å². The summed E-state index contributed by atoms with van der Waals surface area (Å²) in [7, 11) is 0. The van der Waals surface area contributed by atoms with Gasteiger partial charge in [0.25, 0.3) is 0 Å². The number of hydrogen-bond donors (Lipinski definition) is 1. The monoisotopic (exact) mass is 335 g/mol. The summed E-state index contributed by atoms with van der Waals surface area (Å²) in [4.78, 5) is 0. The van der Waals surface area contributed by atoms with Gasteiger partial charge in [-0.05, 0) is 12.5 Å². The molecule has 0 aromatic heterocycles. The Morgan fingerprint density at radius 2 is 1.75 bits per heavy atom. The molecule has 2 rings (SSSR count). The van der Waals surface area contributed by atoms with Crippen LogP contribution in [0.4, 0.5) is 5.69 Å². The lowest BCUT2D eigenvalue weighted by Gasteiger charge is -2.11. The molecule has 0 fully saturated rings. The van der Waals surface area contributed by atoms with Crippen molar-refractivity contribution in [3.8, 4) is 11.5 Å². The predicted molar refractivity (Wildman–Crippen MR) is 85.1 cm³/mol. The second-order valence-corrected chi connectivity index (χ2v) is 5.32. The highest BCUT2D eigenvalue weighted by Gasteiger charge is 2.03. The van der Waals surface area contributed by atoms with Crippen molar-refractivity contribution in [2.75, 3.05) is 12.3 Å². The van der Waals surface area contributed by atoms with Gasteiger partial charge in [0.2, 0.25) is 0 Å². The zero-order chi connectivity index (χ0) is 14.4. The smallest absolute Gasteiger partial charge is 0.125 e. The molecule has 4 heteroatoms. The van der Waals surface area contributed by atoms with Gasteiger partial charge in [0, 0.05) is 33.9 Å². The van der Waals surface area contributed by atoms with Crippen LogP contribution in [0.15, 0.2) is 46.9 Å². The van der Waals surface area contributed by atoms with E-state index in [2.05, 4.69) is 22.9 Å². The van der Waals surface area contributed by atoms with E-state index in [-0.39, 0.29) is 0 Å². The summed E-state index contributed by atoms with van der Waals surface area (Å²) in [6.45, 7) is 3.22. The SMILES string of the molecule is CCCOc1cc(N)cc(OCc2ccccc2Br)c1. The van der Waals surface area contributed by atoms with Crippen LogP contribution in [-0.2, 0) is 6.61 Å². The Hall–Kier alpha value is -1.68. The molecule has 2 N–H and O–H groups in total. The second kappa shape index (κ2) is 7.20. The summed E-state index contributed by atoms with van der Waals surface area (Å²) >= 11 is 3.50. The van der Waals surface area contributed by atoms with Crippen molar-refractivity contribution in [1.82, 2.24) is 0 Å². The molecule has 0 heterocycles. The number of benzene rings is 2. The summed E-state index contributed by atoms with van der Waals surface area (Å²) in [5.74, 6) is 1.46. The minimum atomic E-state index is 0.484. The van der Waals surface area contributed by atoms with E-state index in [4.69, 9.17) is 15.2 Å². The van der Waals surface area contributed by atoms with E-state index >= 15 is 0 Å². The predicted octanol–water partition coefficient (Wildman–Crippen LogP) is 4.40. The minimum absolute atomic E-state index is 0.484. The van der Waals surface area contributed by atoms with E-state index in [1.165, 1.54) is 0 Å². The molecule has 20 heavy (non-hydrogen) atoms. The van der Waals surface area contributed by atoms with Crippen LogP contribution in [-0.4, -0.2) is 6.61 Å². The van der Waals surface area contributed by atoms with Gasteiger partial charge in [0.15, 0.2) is 0 Å². The molecule has 2 aromatic rings. The summed E-state index contributed by atoms with van der Waals surface area (Å²) in [5, 5.41) is 0. The first kappa shape index (κ1) is 14.7. The molecule has 0 radical (unpaired) electrons. The van der Waals surface area contributed by atoms with Crippen LogP contribution in [0.3, 0.4) is 0 Å². The molecule has 0 aliphatic carbocycles. The third-order valence-electron chi connectivity index (χ3n) is 2.73. The van der Waals surface area contributed by atoms with Crippen molar-refractivity contribution < 1.29 is 9.47 Å². The molecule has 0 aliphatic rings. The second-order valence-electron chi connectivity index (χ2n) is 4.47. The zero-order valence-corrected chi connectivity index (χ0v) is 13.0. The maximum Gasteiger partial charge on any atom is 0.125 e. The van der Waals surface area contributed by atoms with E-state index in [0.29, 0.717) is 24.7 Å². The van der Waals surface area contributed by atoms with Crippen LogP contribution in [0.25, 0.3) is 0 Å². The maximum absolute atomic E-state index is 5.86. The quantitative estimate of drug-likeness (QED) is 0.795.